The molecule has 0 N–H and O–H groups in total. The zero-order chi connectivity index (χ0) is 13.2. The molecule has 2 aromatic carbocycles. The molecule has 0 heteroatoms. The molecule has 1 aliphatic carbocycles. The van der Waals surface area contributed by atoms with Gasteiger partial charge in [0.2, 0.25) is 0 Å². The summed E-state index contributed by atoms with van der Waals surface area (Å²) in [5.41, 5.74) is 6.88. The van der Waals surface area contributed by atoms with Crippen LogP contribution in [0.4, 0.5) is 0 Å². The Morgan fingerprint density at radius 1 is 0.895 bits per heavy atom. The van der Waals surface area contributed by atoms with Crippen molar-refractivity contribution in [3.8, 4) is 11.1 Å². The molecule has 0 bridgehead atoms. The lowest BCUT2D eigenvalue weighted by Crippen LogP contribution is -1.97. The molecule has 0 unspecified atom stereocenters. The second-order valence-electron chi connectivity index (χ2n) is 5.59. The van der Waals surface area contributed by atoms with Crippen LogP contribution in [0.25, 0.3) is 17.2 Å². The van der Waals surface area contributed by atoms with Crippen molar-refractivity contribution >= 4 is 6.08 Å². The third kappa shape index (κ3) is 2.35. The van der Waals surface area contributed by atoms with E-state index in [9.17, 15) is 0 Å². The van der Waals surface area contributed by atoms with Crippen LogP contribution in [0.3, 0.4) is 0 Å². The Labute approximate surface area is 115 Å². The van der Waals surface area contributed by atoms with E-state index in [1.165, 1.54) is 27.8 Å². The Kier molecular flexibility index (Phi) is 3.25. The van der Waals surface area contributed by atoms with Crippen LogP contribution >= 0.6 is 0 Å². The second kappa shape index (κ2) is 5.05. The molecule has 0 aliphatic heterocycles. The first-order chi connectivity index (χ1) is 9.25. The molecule has 1 aliphatic rings. The van der Waals surface area contributed by atoms with Gasteiger partial charge in [0, 0.05) is 6.42 Å². The van der Waals surface area contributed by atoms with Crippen LogP contribution in [0.1, 0.15) is 30.5 Å². The van der Waals surface area contributed by atoms with Gasteiger partial charge in [-0.15, -0.1) is 0 Å². The van der Waals surface area contributed by atoms with Crippen LogP contribution in [0.15, 0.2) is 48.5 Å². The summed E-state index contributed by atoms with van der Waals surface area (Å²) in [7, 11) is 0. The smallest absolute Gasteiger partial charge is 0.0131 e. The van der Waals surface area contributed by atoms with Crippen molar-refractivity contribution in [3.63, 3.8) is 0 Å². The summed E-state index contributed by atoms with van der Waals surface area (Å²) in [6.45, 7) is 4.56. The molecule has 0 heterocycles. The van der Waals surface area contributed by atoms with E-state index >= 15 is 0 Å². The van der Waals surface area contributed by atoms with Crippen molar-refractivity contribution in [2.75, 3.05) is 0 Å². The van der Waals surface area contributed by atoms with E-state index in [2.05, 4.69) is 74.9 Å². The van der Waals surface area contributed by atoms with Gasteiger partial charge in [0.15, 0.2) is 0 Å². The quantitative estimate of drug-likeness (QED) is 0.705. The molecule has 2 aromatic rings. The standard InChI is InChI=1S/C19H19/c1-14(2)13-16-7-3-4-10-18(16)19-12-6-9-15-8-5-11-17(15)19/h3-12,14H,13H2,1-2H3. The summed E-state index contributed by atoms with van der Waals surface area (Å²) in [4.78, 5) is 0. The predicted octanol–water partition coefficient (Wildman–Crippen LogP) is 5.13. The molecule has 0 amide bonds. The number of fused-ring (bicyclic) bond motifs is 1. The van der Waals surface area contributed by atoms with E-state index in [1.807, 2.05) is 0 Å². The van der Waals surface area contributed by atoms with Gasteiger partial charge in [-0.1, -0.05) is 68.5 Å². The third-order valence-electron chi connectivity index (χ3n) is 3.61. The average Bonchev–Trinajstić information content (AvgIpc) is 2.87. The Balaban J connectivity index is 2.13. The number of hydrogen-bond donors (Lipinski definition) is 0. The van der Waals surface area contributed by atoms with Gasteiger partial charge in [-0.3, -0.25) is 0 Å². The SMILES string of the molecule is CC(C)Cc1ccccc1-c1cccc2c1C=C[CH]2. The van der Waals surface area contributed by atoms with Gasteiger partial charge in [-0.05, 0) is 40.2 Å². The zero-order valence-electron chi connectivity index (χ0n) is 11.6. The summed E-state index contributed by atoms with van der Waals surface area (Å²) in [6, 6.07) is 15.4. The van der Waals surface area contributed by atoms with E-state index in [0.29, 0.717) is 5.92 Å². The highest BCUT2D eigenvalue weighted by Gasteiger charge is 2.13. The lowest BCUT2D eigenvalue weighted by molar-refractivity contribution is 0.648. The number of hydrogen-bond acceptors (Lipinski definition) is 0. The number of benzene rings is 2. The van der Waals surface area contributed by atoms with Gasteiger partial charge in [-0.25, -0.2) is 0 Å². The normalized spacial score (nSPS) is 13.0. The molecule has 1 radical (unpaired) electrons. The highest BCUT2D eigenvalue weighted by molar-refractivity contribution is 5.82. The molecule has 0 fully saturated rings. The first kappa shape index (κ1) is 12.2. The van der Waals surface area contributed by atoms with Gasteiger partial charge in [0.05, 0.1) is 0 Å². The van der Waals surface area contributed by atoms with Crippen molar-refractivity contribution in [1.29, 1.82) is 0 Å². The molecule has 0 saturated heterocycles. The minimum atomic E-state index is 0.681. The molecular formula is C19H19. The average molecular weight is 247 g/mol. The molecule has 19 heavy (non-hydrogen) atoms. The Bertz CT molecular complexity index is 618. The van der Waals surface area contributed by atoms with Crippen LogP contribution in [-0.4, -0.2) is 0 Å². The molecule has 3 rings (SSSR count). The van der Waals surface area contributed by atoms with Crippen molar-refractivity contribution in [2.45, 2.75) is 20.3 Å². The highest BCUT2D eigenvalue weighted by atomic mass is 14.2. The summed E-state index contributed by atoms with van der Waals surface area (Å²) < 4.78 is 0. The lowest BCUT2D eigenvalue weighted by Gasteiger charge is -2.14. The maximum Gasteiger partial charge on any atom is 0.0131 e. The molecule has 0 spiro atoms. The van der Waals surface area contributed by atoms with E-state index in [4.69, 9.17) is 0 Å². The van der Waals surface area contributed by atoms with Gasteiger partial charge < -0.3 is 0 Å². The summed E-state index contributed by atoms with van der Waals surface area (Å²) in [6.07, 6.45) is 7.67. The highest BCUT2D eigenvalue weighted by Crippen LogP contribution is 2.34. The fourth-order valence-corrected chi connectivity index (χ4v) is 2.80. The predicted molar refractivity (Wildman–Crippen MR) is 82.9 cm³/mol. The Hall–Kier alpha value is -1.82. The van der Waals surface area contributed by atoms with Crippen LogP contribution < -0.4 is 0 Å². The number of rotatable bonds is 3. The topological polar surface area (TPSA) is 0 Å². The zero-order valence-corrected chi connectivity index (χ0v) is 11.6. The molecule has 95 valence electrons. The van der Waals surface area contributed by atoms with Gasteiger partial charge in [0.25, 0.3) is 0 Å². The van der Waals surface area contributed by atoms with Crippen molar-refractivity contribution in [1.82, 2.24) is 0 Å². The molecule has 0 atom stereocenters. The van der Waals surface area contributed by atoms with Gasteiger partial charge >= 0.3 is 0 Å². The first-order valence-corrected chi connectivity index (χ1v) is 6.98. The van der Waals surface area contributed by atoms with Crippen LogP contribution in [0, 0.1) is 12.3 Å². The summed E-state index contributed by atoms with van der Waals surface area (Å²) >= 11 is 0. The van der Waals surface area contributed by atoms with E-state index in [-0.39, 0.29) is 0 Å². The van der Waals surface area contributed by atoms with Gasteiger partial charge in [0.1, 0.15) is 0 Å². The third-order valence-corrected chi connectivity index (χ3v) is 3.61. The van der Waals surface area contributed by atoms with Crippen molar-refractivity contribution in [3.05, 3.63) is 71.7 Å². The second-order valence-corrected chi connectivity index (χ2v) is 5.59. The molecule has 0 aromatic heterocycles. The first-order valence-electron chi connectivity index (χ1n) is 6.98. The Morgan fingerprint density at radius 2 is 1.68 bits per heavy atom. The fourth-order valence-electron chi connectivity index (χ4n) is 2.80. The summed E-state index contributed by atoms with van der Waals surface area (Å²) in [5.74, 6) is 0.681. The van der Waals surface area contributed by atoms with Crippen molar-refractivity contribution in [2.24, 2.45) is 5.92 Å². The largest absolute Gasteiger partial charge is 0.0754 e. The van der Waals surface area contributed by atoms with Crippen LogP contribution in [0.2, 0.25) is 0 Å². The molecule has 0 saturated carbocycles. The minimum absolute atomic E-state index is 0.681. The summed E-state index contributed by atoms with van der Waals surface area (Å²) in [5, 5.41) is 0. The van der Waals surface area contributed by atoms with Crippen LogP contribution in [0.5, 0.6) is 0 Å². The maximum absolute atomic E-state index is 2.28. The lowest BCUT2D eigenvalue weighted by atomic mass is 9.90. The van der Waals surface area contributed by atoms with E-state index < -0.39 is 0 Å². The van der Waals surface area contributed by atoms with Crippen LogP contribution in [-0.2, 0) is 6.42 Å². The monoisotopic (exact) mass is 247 g/mol. The number of allylic oxidation sites excluding steroid dienone is 1. The minimum Gasteiger partial charge on any atom is -0.0754 e. The van der Waals surface area contributed by atoms with E-state index in [1.54, 1.807) is 0 Å². The maximum atomic E-state index is 2.28. The fraction of sp³-hybridized carbons (Fsp3) is 0.211. The van der Waals surface area contributed by atoms with E-state index in [0.717, 1.165) is 6.42 Å². The molecule has 0 nitrogen and oxygen atoms in total. The molecular weight excluding hydrogens is 228 g/mol. The van der Waals surface area contributed by atoms with Gasteiger partial charge in [-0.2, -0.15) is 0 Å². The van der Waals surface area contributed by atoms with Crippen molar-refractivity contribution < 1.29 is 0 Å². The Morgan fingerprint density at radius 3 is 2.53 bits per heavy atom.